The average molecular weight is 262 g/mol. The summed E-state index contributed by atoms with van der Waals surface area (Å²) in [6.45, 7) is 9.45. The van der Waals surface area contributed by atoms with Gasteiger partial charge in [0.1, 0.15) is 0 Å². The van der Waals surface area contributed by atoms with Gasteiger partial charge >= 0.3 is 5.97 Å². The molecular weight excluding hydrogens is 240 g/mol. The molecule has 1 aromatic carbocycles. The smallest absolute Gasteiger partial charge is 0.303 e. The molecule has 1 N–H and O–H groups in total. The highest BCUT2D eigenvalue weighted by Gasteiger charge is 2.52. The Bertz CT molecular complexity index is 499. The van der Waals surface area contributed by atoms with Gasteiger partial charge in [-0.05, 0) is 36.0 Å². The molecule has 0 spiro atoms. The summed E-state index contributed by atoms with van der Waals surface area (Å²) in [6, 6.07) is 6.41. The lowest BCUT2D eigenvalue weighted by Gasteiger charge is -2.52. The van der Waals surface area contributed by atoms with Crippen LogP contribution in [0.25, 0.3) is 0 Å². The molecule has 0 aliphatic carbocycles. The van der Waals surface area contributed by atoms with E-state index in [0.717, 1.165) is 0 Å². The molecule has 0 bridgehead atoms. The number of aliphatic carboxylic acids is 1. The van der Waals surface area contributed by atoms with Crippen molar-refractivity contribution in [1.29, 1.82) is 0 Å². The van der Waals surface area contributed by atoms with Crippen molar-refractivity contribution in [1.82, 2.24) is 0 Å². The van der Waals surface area contributed by atoms with Crippen molar-refractivity contribution >= 4 is 5.97 Å². The molecule has 2 rings (SSSR count). The van der Waals surface area contributed by atoms with Crippen LogP contribution in [0.15, 0.2) is 18.2 Å². The van der Waals surface area contributed by atoms with Crippen LogP contribution in [0.5, 0.6) is 0 Å². The van der Waals surface area contributed by atoms with Crippen molar-refractivity contribution in [2.24, 2.45) is 5.41 Å². The number of carbonyl (C=O) groups is 1. The molecule has 0 radical (unpaired) electrons. The second-order valence-corrected chi connectivity index (χ2v) is 6.33. The van der Waals surface area contributed by atoms with Crippen LogP contribution in [0.2, 0.25) is 0 Å². The van der Waals surface area contributed by atoms with E-state index in [2.05, 4.69) is 32.0 Å². The Balaban J connectivity index is 2.42. The summed E-state index contributed by atoms with van der Waals surface area (Å²) in [5.41, 5.74) is 3.21. The third-order valence-electron chi connectivity index (χ3n) is 4.65. The lowest BCUT2D eigenvalue weighted by atomic mass is 9.59. The molecule has 0 saturated carbocycles. The second kappa shape index (κ2) is 4.64. The molecule has 19 heavy (non-hydrogen) atoms. The Kier molecular flexibility index (Phi) is 3.43. The summed E-state index contributed by atoms with van der Waals surface area (Å²) in [5, 5.41) is 9.14. The molecule has 1 aliphatic heterocycles. The number of hydrogen-bond donors (Lipinski definition) is 1. The number of carboxylic acid groups (broad SMARTS) is 1. The van der Waals surface area contributed by atoms with Crippen molar-refractivity contribution < 1.29 is 14.6 Å². The third kappa shape index (κ3) is 2.27. The van der Waals surface area contributed by atoms with Gasteiger partial charge in [0.2, 0.25) is 0 Å². The predicted octanol–water partition coefficient (Wildman–Crippen LogP) is 3.07. The number of carboxylic acids is 1. The topological polar surface area (TPSA) is 46.5 Å². The van der Waals surface area contributed by atoms with Crippen molar-refractivity contribution in [3.63, 3.8) is 0 Å². The molecule has 1 fully saturated rings. The molecule has 0 amide bonds. The van der Waals surface area contributed by atoms with Gasteiger partial charge < -0.3 is 9.84 Å². The molecule has 104 valence electrons. The summed E-state index contributed by atoms with van der Waals surface area (Å²) < 4.78 is 5.44. The van der Waals surface area contributed by atoms with Gasteiger partial charge in [0.05, 0.1) is 19.6 Å². The van der Waals surface area contributed by atoms with E-state index >= 15 is 0 Å². The van der Waals surface area contributed by atoms with Gasteiger partial charge in [0.15, 0.2) is 0 Å². The Labute approximate surface area is 114 Å². The van der Waals surface area contributed by atoms with E-state index in [4.69, 9.17) is 9.84 Å². The first-order chi connectivity index (χ1) is 8.78. The summed E-state index contributed by atoms with van der Waals surface area (Å²) >= 11 is 0. The van der Waals surface area contributed by atoms with E-state index in [0.29, 0.717) is 13.2 Å². The van der Waals surface area contributed by atoms with E-state index in [-0.39, 0.29) is 17.3 Å². The van der Waals surface area contributed by atoms with Crippen LogP contribution in [0.1, 0.15) is 37.0 Å². The molecule has 1 aliphatic rings. The highest BCUT2D eigenvalue weighted by atomic mass is 16.5. The van der Waals surface area contributed by atoms with Gasteiger partial charge in [-0.15, -0.1) is 0 Å². The van der Waals surface area contributed by atoms with Crippen molar-refractivity contribution in [3.05, 3.63) is 34.9 Å². The Hall–Kier alpha value is -1.35. The fraction of sp³-hybridized carbons (Fsp3) is 0.562. The zero-order valence-corrected chi connectivity index (χ0v) is 12.1. The third-order valence-corrected chi connectivity index (χ3v) is 4.65. The minimum Gasteiger partial charge on any atom is -0.481 e. The maximum Gasteiger partial charge on any atom is 0.303 e. The van der Waals surface area contributed by atoms with E-state index < -0.39 is 5.97 Å². The predicted molar refractivity (Wildman–Crippen MR) is 74.4 cm³/mol. The normalized spacial score (nSPS) is 17.9. The van der Waals surface area contributed by atoms with E-state index in [9.17, 15) is 4.79 Å². The van der Waals surface area contributed by atoms with Crippen LogP contribution in [0.3, 0.4) is 0 Å². The molecule has 1 saturated heterocycles. The molecule has 3 nitrogen and oxygen atoms in total. The fourth-order valence-electron chi connectivity index (χ4n) is 2.84. The first-order valence-corrected chi connectivity index (χ1v) is 6.66. The van der Waals surface area contributed by atoms with Crippen LogP contribution >= 0.6 is 0 Å². The van der Waals surface area contributed by atoms with Crippen LogP contribution in [0, 0.1) is 19.3 Å². The Morgan fingerprint density at radius 1 is 1.32 bits per heavy atom. The van der Waals surface area contributed by atoms with E-state index in [1.807, 2.05) is 13.8 Å². The fourth-order valence-corrected chi connectivity index (χ4v) is 2.84. The lowest BCUT2D eigenvalue weighted by Crippen LogP contribution is -2.57. The van der Waals surface area contributed by atoms with Crippen LogP contribution in [-0.4, -0.2) is 24.3 Å². The number of ether oxygens (including phenoxy) is 1. The maximum atomic E-state index is 11.1. The van der Waals surface area contributed by atoms with E-state index in [1.165, 1.54) is 16.7 Å². The largest absolute Gasteiger partial charge is 0.481 e. The maximum absolute atomic E-state index is 11.1. The minimum absolute atomic E-state index is 0.156. The second-order valence-electron chi connectivity index (χ2n) is 6.33. The quantitative estimate of drug-likeness (QED) is 0.907. The molecule has 0 atom stereocenters. The highest BCUT2D eigenvalue weighted by Crippen LogP contribution is 2.49. The number of rotatable bonds is 4. The van der Waals surface area contributed by atoms with Gasteiger partial charge in [-0.2, -0.15) is 0 Å². The van der Waals surface area contributed by atoms with Crippen LogP contribution in [-0.2, 0) is 14.9 Å². The summed E-state index contributed by atoms with van der Waals surface area (Å²) in [4.78, 5) is 11.1. The van der Waals surface area contributed by atoms with Crippen molar-refractivity contribution in [3.8, 4) is 0 Å². The summed E-state index contributed by atoms with van der Waals surface area (Å²) in [6.07, 6.45) is 0.156. The zero-order chi connectivity index (χ0) is 14.3. The van der Waals surface area contributed by atoms with Crippen LogP contribution in [0.4, 0.5) is 0 Å². The monoisotopic (exact) mass is 262 g/mol. The summed E-state index contributed by atoms with van der Waals surface area (Å²) in [7, 11) is 0. The van der Waals surface area contributed by atoms with Crippen molar-refractivity contribution in [2.75, 3.05) is 13.2 Å². The lowest BCUT2D eigenvalue weighted by molar-refractivity contribution is -0.151. The zero-order valence-electron chi connectivity index (χ0n) is 12.1. The number of aryl methyl sites for hydroxylation is 2. The van der Waals surface area contributed by atoms with Gasteiger partial charge in [0, 0.05) is 5.41 Å². The molecule has 1 heterocycles. The van der Waals surface area contributed by atoms with Gasteiger partial charge in [0.25, 0.3) is 0 Å². The number of benzene rings is 1. The SMILES string of the molecule is Cc1ccc(C2(C(C)(C)CC(=O)O)COC2)cc1C. The van der Waals surface area contributed by atoms with Crippen LogP contribution < -0.4 is 0 Å². The van der Waals surface area contributed by atoms with E-state index in [1.54, 1.807) is 0 Å². The first-order valence-electron chi connectivity index (χ1n) is 6.66. The van der Waals surface area contributed by atoms with Gasteiger partial charge in [-0.25, -0.2) is 0 Å². The molecule has 3 heteroatoms. The molecule has 1 aromatic rings. The summed E-state index contributed by atoms with van der Waals surface area (Å²) in [5.74, 6) is -0.750. The molecule has 0 unspecified atom stereocenters. The van der Waals surface area contributed by atoms with Gasteiger partial charge in [-0.3, -0.25) is 4.79 Å². The average Bonchev–Trinajstić information content (AvgIpc) is 2.19. The first kappa shape index (κ1) is 14.1. The molecular formula is C16H22O3. The van der Waals surface area contributed by atoms with Gasteiger partial charge in [-0.1, -0.05) is 32.0 Å². The molecule has 0 aromatic heterocycles. The number of hydrogen-bond acceptors (Lipinski definition) is 2. The Morgan fingerprint density at radius 3 is 2.37 bits per heavy atom. The standard InChI is InChI=1S/C16H22O3/c1-11-5-6-13(7-12(11)2)16(9-19-10-16)15(3,4)8-14(17)18/h5-7H,8-10H2,1-4H3,(H,17,18). The minimum atomic E-state index is -0.750. The Morgan fingerprint density at radius 2 is 1.95 bits per heavy atom. The van der Waals surface area contributed by atoms with Crippen molar-refractivity contribution in [2.45, 2.75) is 39.5 Å². The highest BCUT2D eigenvalue weighted by molar-refractivity contribution is 5.68.